The fourth-order valence-electron chi connectivity index (χ4n) is 7.57. The zero-order valence-electron chi connectivity index (χ0n) is 38.6. The first-order valence-electron chi connectivity index (χ1n) is 24.8. The second-order valence-corrected chi connectivity index (χ2v) is 17.5. The topological polar surface area (TPSA) is 76.1 Å². The molecule has 0 aliphatic heterocycles. The molecule has 0 spiro atoms. The molecule has 0 aromatic heterocycles. The fourth-order valence-corrected chi connectivity index (χ4v) is 7.57. The van der Waals surface area contributed by atoms with Gasteiger partial charge in [0, 0.05) is 12.8 Å². The molecule has 336 valence electrons. The third-order valence-electron chi connectivity index (χ3n) is 11.4. The lowest BCUT2D eigenvalue weighted by Crippen LogP contribution is -2.29. The molecule has 0 saturated carbocycles. The Morgan fingerprint density at radius 1 is 0.439 bits per heavy atom. The number of aliphatic hydroxyl groups is 1. The second-order valence-electron chi connectivity index (χ2n) is 17.5. The number of ether oxygens (including phenoxy) is 2. The van der Waals surface area contributed by atoms with E-state index in [0.29, 0.717) is 26.1 Å². The molecule has 0 radical (unpaired) electrons. The Bertz CT molecular complexity index is 853. The van der Waals surface area contributed by atoms with Crippen LogP contribution < -0.4 is 0 Å². The molecule has 0 heterocycles. The molecule has 0 aliphatic rings. The van der Waals surface area contributed by atoms with Crippen LogP contribution in [-0.2, 0) is 19.1 Å². The number of allylic oxidation sites excluding steroid dienone is 4. The van der Waals surface area contributed by atoms with E-state index in [1.165, 1.54) is 116 Å². The minimum absolute atomic E-state index is 0.0466. The van der Waals surface area contributed by atoms with Gasteiger partial charge >= 0.3 is 11.9 Å². The van der Waals surface area contributed by atoms with Crippen LogP contribution in [0.2, 0.25) is 0 Å². The Morgan fingerprint density at radius 2 is 0.754 bits per heavy atom. The van der Waals surface area contributed by atoms with Gasteiger partial charge in [-0.25, -0.2) is 0 Å². The molecule has 0 fully saturated rings. The van der Waals surface area contributed by atoms with Gasteiger partial charge in [0.2, 0.25) is 0 Å². The molecule has 6 heteroatoms. The number of hydrogen-bond donors (Lipinski definition) is 1. The van der Waals surface area contributed by atoms with Crippen molar-refractivity contribution in [3.05, 3.63) is 24.3 Å². The summed E-state index contributed by atoms with van der Waals surface area (Å²) in [6.45, 7) is 6.61. The number of hydrogen-bond acceptors (Lipinski definition) is 6. The summed E-state index contributed by atoms with van der Waals surface area (Å²) < 4.78 is 11.0. The van der Waals surface area contributed by atoms with Crippen LogP contribution in [0.3, 0.4) is 0 Å². The molecule has 0 rings (SSSR count). The normalized spacial score (nSPS) is 12.1. The molecule has 0 aromatic carbocycles. The van der Waals surface area contributed by atoms with E-state index in [2.05, 4.69) is 57.1 Å². The van der Waals surface area contributed by atoms with E-state index in [0.717, 1.165) is 116 Å². The summed E-state index contributed by atoms with van der Waals surface area (Å²) in [4.78, 5) is 26.6. The maximum absolute atomic E-state index is 12.2. The Hall–Kier alpha value is -1.66. The highest BCUT2D eigenvalue weighted by atomic mass is 16.5. The van der Waals surface area contributed by atoms with E-state index < -0.39 is 5.60 Å². The zero-order valence-corrected chi connectivity index (χ0v) is 38.6. The molecular formula is C51H97NO5. The third-order valence-corrected chi connectivity index (χ3v) is 11.4. The minimum Gasteiger partial charge on any atom is -0.466 e. The van der Waals surface area contributed by atoms with E-state index >= 15 is 0 Å². The van der Waals surface area contributed by atoms with Gasteiger partial charge in [-0.2, -0.15) is 0 Å². The molecule has 0 bridgehead atoms. The number of carbonyl (C=O) groups excluding carboxylic acids is 2. The van der Waals surface area contributed by atoms with Crippen LogP contribution in [0.4, 0.5) is 0 Å². The van der Waals surface area contributed by atoms with Crippen LogP contribution in [-0.4, -0.2) is 61.4 Å². The average molecular weight is 804 g/mol. The standard InChI is InChI=1S/C51H97NO5/c1-5-7-9-11-13-15-17-19-21-23-25-27-33-41-49(53)56-47-39-31-29-35-43-51(55,45-37-38-46-52(3)4)44-36-30-32-40-48-57-50(54)42-34-28-26-24-22-20-18-16-14-12-10-8-6-2/h15-18,55H,5-14,19-48H2,1-4H3/b17-15-,18-16-. The first-order chi connectivity index (χ1) is 27.8. The molecule has 0 aromatic rings. The van der Waals surface area contributed by atoms with Gasteiger partial charge < -0.3 is 19.5 Å². The van der Waals surface area contributed by atoms with Crippen molar-refractivity contribution in [3.8, 4) is 0 Å². The van der Waals surface area contributed by atoms with Gasteiger partial charge in [-0.3, -0.25) is 9.59 Å². The first-order valence-corrected chi connectivity index (χ1v) is 24.8. The lowest BCUT2D eigenvalue weighted by atomic mass is 9.85. The van der Waals surface area contributed by atoms with Crippen molar-refractivity contribution < 1.29 is 24.2 Å². The molecule has 0 unspecified atom stereocenters. The number of unbranched alkanes of at least 4 members (excludes halogenated alkanes) is 25. The van der Waals surface area contributed by atoms with E-state index in [4.69, 9.17) is 9.47 Å². The van der Waals surface area contributed by atoms with Gasteiger partial charge in [-0.05, 0) is 130 Å². The SMILES string of the molecule is CCCCCC/C=C\CCCCCCCC(=O)OCCCCCCC(O)(CCCCCCOC(=O)CCCCCCC/C=C\CCCCCC)CCCCN(C)C. The van der Waals surface area contributed by atoms with Crippen LogP contribution >= 0.6 is 0 Å². The van der Waals surface area contributed by atoms with E-state index in [1.807, 2.05) is 0 Å². The monoisotopic (exact) mass is 804 g/mol. The average Bonchev–Trinajstić information content (AvgIpc) is 3.19. The summed E-state index contributed by atoms with van der Waals surface area (Å²) in [5, 5.41) is 11.6. The van der Waals surface area contributed by atoms with Gasteiger partial charge in [0.05, 0.1) is 18.8 Å². The quantitative estimate of drug-likeness (QED) is 0.0375. The van der Waals surface area contributed by atoms with E-state index in [1.54, 1.807) is 0 Å². The van der Waals surface area contributed by atoms with Gasteiger partial charge in [0.1, 0.15) is 0 Å². The molecule has 1 N–H and O–H groups in total. The Morgan fingerprint density at radius 3 is 1.14 bits per heavy atom. The summed E-state index contributed by atoms with van der Waals surface area (Å²) in [6, 6.07) is 0. The van der Waals surface area contributed by atoms with Crippen LogP contribution in [0.25, 0.3) is 0 Å². The fraction of sp³-hybridized carbons (Fsp3) is 0.882. The highest BCUT2D eigenvalue weighted by Gasteiger charge is 2.25. The van der Waals surface area contributed by atoms with Gasteiger partial charge in [-0.15, -0.1) is 0 Å². The van der Waals surface area contributed by atoms with Crippen molar-refractivity contribution in [2.45, 2.75) is 257 Å². The third kappa shape index (κ3) is 43.7. The van der Waals surface area contributed by atoms with Crippen LogP contribution in [0.5, 0.6) is 0 Å². The van der Waals surface area contributed by atoms with Gasteiger partial charge in [0.25, 0.3) is 0 Å². The van der Waals surface area contributed by atoms with Gasteiger partial charge in [-0.1, -0.05) is 154 Å². The smallest absolute Gasteiger partial charge is 0.305 e. The van der Waals surface area contributed by atoms with Crippen LogP contribution in [0.15, 0.2) is 24.3 Å². The molecule has 0 amide bonds. The summed E-state index contributed by atoms with van der Waals surface area (Å²) in [7, 11) is 4.22. The maximum Gasteiger partial charge on any atom is 0.305 e. The lowest BCUT2D eigenvalue weighted by molar-refractivity contribution is -0.144. The van der Waals surface area contributed by atoms with Crippen LogP contribution in [0, 0.1) is 0 Å². The highest BCUT2D eigenvalue weighted by Crippen LogP contribution is 2.28. The summed E-state index contributed by atoms with van der Waals surface area (Å²) in [5.74, 6) is -0.0933. The van der Waals surface area contributed by atoms with Crippen molar-refractivity contribution >= 4 is 11.9 Å². The summed E-state index contributed by atoms with van der Waals surface area (Å²) >= 11 is 0. The maximum atomic E-state index is 12.2. The number of nitrogens with zero attached hydrogens (tertiary/aromatic N) is 1. The van der Waals surface area contributed by atoms with Crippen molar-refractivity contribution in [1.29, 1.82) is 0 Å². The summed E-state index contributed by atoms with van der Waals surface area (Å²) in [5.41, 5.74) is -0.597. The number of rotatable bonds is 45. The van der Waals surface area contributed by atoms with Crippen molar-refractivity contribution in [1.82, 2.24) is 4.90 Å². The Labute approximate surface area is 355 Å². The van der Waals surface area contributed by atoms with E-state index in [9.17, 15) is 14.7 Å². The molecule has 0 aliphatic carbocycles. The number of carbonyl (C=O) groups is 2. The number of esters is 2. The first kappa shape index (κ1) is 55.3. The predicted molar refractivity (Wildman–Crippen MR) is 246 cm³/mol. The second kappa shape index (κ2) is 43.9. The Balaban J connectivity index is 3.94. The Kier molecular flexibility index (Phi) is 42.6. The van der Waals surface area contributed by atoms with E-state index in [-0.39, 0.29) is 11.9 Å². The largest absolute Gasteiger partial charge is 0.466 e. The van der Waals surface area contributed by atoms with Crippen LogP contribution in [0.1, 0.15) is 251 Å². The van der Waals surface area contributed by atoms with Crippen molar-refractivity contribution in [2.75, 3.05) is 33.9 Å². The highest BCUT2D eigenvalue weighted by molar-refractivity contribution is 5.69. The molecule has 0 saturated heterocycles. The zero-order chi connectivity index (χ0) is 41.8. The van der Waals surface area contributed by atoms with Gasteiger partial charge in [0.15, 0.2) is 0 Å². The predicted octanol–water partition coefficient (Wildman–Crippen LogP) is 15.0. The molecule has 0 atom stereocenters. The molecular weight excluding hydrogens is 707 g/mol. The molecule has 6 nitrogen and oxygen atoms in total. The minimum atomic E-state index is -0.597. The summed E-state index contributed by atoms with van der Waals surface area (Å²) in [6.07, 6.45) is 50.3. The van der Waals surface area contributed by atoms with Crippen molar-refractivity contribution in [3.63, 3.8) is 0 Å². The lowest BCUT2D eigenvalue weighted by Gasteiger charge is -2.29. The molecule has 57 heavy (non-hydrogen) atoms. The van der Waals surface area contributed by atoms with Crippen molar-refractivity contribution in [2.24, 2.45) is 0 Å².